The van der Waals surface area contributed by atoms with Crippen LogP contribution in [0.25, 0.3) is 0 Å². The van der Waals surface area contributed by atoms with Gasteiger partial charge in [-0.05, 0) is 26.0 Å². The molecule has 0 atom stereocenters. The summed E-state index contributed by atoms with van der Waals surface area (Å²) in [6.45, 7) is 5.75. The average molecular weight is 320 g/mol. The molecule has 2 aromatic heterocycles. The molecule has 0 saturated heterocycles. The molecule has 2 N–H and O–H groups in total. The summed E-state index contributed by atoms with van der Waals surface area (Å²) in [5.74, 6) is 2.53. The molecule has 24 heavy (non-hydrogen) atoms. The molecule has 0 bridgehead atoms. The molecule has 3 heterocycles. The number of aromatic nitrogens is 4. The lowest BCUT2D eigenvalue weighted by Crippen LogP contribution is -2.31. The van der Waals surface area contributed by atoms with E-state index in [9.17, 15) is 0 Å². The summed E-state index contributed by atoms with van der Waals surface area (Å²) < 4.78 is 0. The van der Waals surface area contributed by atoms with E-state index in [1.54, 1.807) is 0 Å². The molecule has 3 aromatic rings. The Morgan fingerprint density at radius 2 is 1.96 bits per heavy atom. The van der Waals surface area contributed by atoms with Crippen LogP contribution in [-0.4, -0.2) is 26.7 Å². The van der Waals surface area contributed by atoms with Crippen molar-refractivity contribution in [2.24, 2.45) is 0 Å². The predicted octanol–water partition coefficient (Wildman–Crippen LogP) is 3.12. The number of aromatic amines is 1. The Labute approximate surface area is 141 Å². The van der Waals surface area contributed by atoms with Crippen LogP contribution in [0.15, 0.2) is 36.4 Å². The molecule has 0 amide bonds. The highest BCUT2D eigenvalue weighted by Crippen LogP contribution is 2.26. The number of aryl methyl sites for hydroxylation is 2. The Kier molecular flexibility index (Phi) is 3.65. The van der Waals surface area contributed by atoms with E-state index in [1.807, 2.05) is 43.3 Å². The third kappa shape index (κ3) is 2.82. The fourth-order valence-electron chi connectivity index (χ4n) is 3.07. The van der Waals surface area contributed by atoms with Gasteiger partial charge in [-0.2, -0.15) is 5.10 Å². The van der Waals surface area contributed by atoms with Crippen molar-refractivity contribution in [3.63, 3.8) is 0 Å². The van der Waals surface area contributed by atoms with Crippen molar-refractivity contribution >= 4 is 17.3 Å². The second-order valence-electron chi connectivity index (χ2n) is 6.10. The smallest absolute Gasteiger partial charge is 0.136 e. The molecule has 1 aromatic carbocycles. The molecule has 0 fully saturated rings. The zero-order chi connectivity index (χ0) is 16.5. The second kappa shape index (κ2) is 5.96. The number of benzene rings is 1. The van der Waals surface area contributed by atoms with Gasteiger partial charge in [0, 0.05) is 42.5 Å². The van der Waals surface area contributed by atoms with Gasteiger partial charge in [0.1, 0.15) is 17.5 Å². The van der Waals surface area contributed by atoms with Crippen molar-refractivity contribution in [1.82, 2.24) is 20.2 Å². The molecule has 6 nitrogen and oxygen atoms in total. The molecule has 6 heteroatoms. The minimum absolute atomic E-state index is 0.764. The topological polar surface area (TPSA) is 69.7 Å². The summed E-state index contributed by atoms with van der Waals surface area (Å²) >= 11 is 0. The highest BCUT2D eigenvalue weighted by molar-refractivity contribution is 5.60. The van der Waals surface area contributed by atoms with Crippen molar-refractivity contribution in [2.75, 3.05) is 16.8 Å². The molecule has 0 radical (unpaired) electrons. The van der Waals surface area contributed by atoms with Gasteiger partial charge in [0.05, 0.1) is 5.69 Å². The van der Waals surface area contributed by atoms with Crippen molar-refractivity contribution in [1.29, 1.82) is 0 Å². The maximum Gasteiger partial charge on any atom is 0.136 e. The van der Waals surface area contributed by atoms with E-state index in [-0.39, 0.29) is 0 Å². The van der Waals surface area contributed by atoms with E-state index >= 15 is 0 Å². The average Bonchev–Trinajstić information content (AvgIpc) is 2.96. The first-order valence-electron chi connectivity index (χ1n) is 8.14. The second-order valence-corrected chi connectivity index (χ2v) is 6.10. The van der Waals surface area contributed by atoms with Crippen LogP contribution >= 0.6 is 0 Å². The normalized spacial score (nSPS) is 13.7. The fourth-order valence-corrected chi connectivity index (χ4v) is 3.07. The first-order valence-corrected chi connectivity index (χ1v) is 8.14. The summed E-state index contributed by atoms with van der Waals surface area (Å²) in [5, 5.41) is 10.8. The Balaban J connectivity index is 1.61. The Bertz CT molecular complexity index is 855. The van der Waals surface area contributed by atoms with Gasteiger partial charge < -0.3 is 10.2 Å². The summed E-state index contributed by atoms with van der Waals surface area (Å²) in [6.07, 6.45) is 0.935. The van der Waals surface area contributed by atoms with Crippen LogP contribution in [0.1, 0.15) is 22.8 Å². The van der Waals surface area contributed by atoms with Crippen LogP contribution in [-0.2, 0) is 13.0 Å². The van der Waals surface area contributed by atoms with Gasteiger partial charge in [-0.25, -0.2) is 9.97 Å². The van der Waals surface area contributed by atoms with Crippen molar-refractivity contribution < 1.29 is 0 Å². The molecule has 1 aliphatic heterocycles. The lowest BCUT2D eigenvalue weighted by molar-refractivity contribution is 0.706. The van der Waals surface area contributed by atoms with Crippen LogP contribution in [0.4, 0.5) is 17.3 Å². The van der Waals surface area contributed by atoms with Gasteiger partial charge in [-0.3, -0.25) is 5.10 Å². The number of hydrogen-bond acceptors (Lipinski definition) is 5. The van der Waals surface area contributed by atoms with Crippen molar-refractivity contribution in [2.45, 2.75) is 26.8 Å². The number of anilines is 3. The fraction of sp³-hybridized carbons (Fsp3) is 0.278. The highest BCUT2D eigenvalue weighted by Gasteiger charge is 2.22. The molecule has 1 aliphatic rings. The zero-order valence-corrected chi connectivity index (χ0v) is 13.9. The first-order chi connectivity index (χ1) is 11.7. The summed E-state index contributed by atoms with van der Waals surface area (Å²) in [6, 6.07) is 12.1. The van der Waals surface area contributed by atoms with Crippen LogP contribution in [0.5, 0.6) is 0 Å². The largest absolute Gasteiger partial charge is 0.352 e. The molecule has 122 valence electrons. The molecule has 4 rings (SSSR count). The van der Waals surface area contributed by atoms with E-state index in [0.717, 1.165) is 48.4 Å². The van der Waals surface area contributed by atoms with Gasteiger partial charge in [0.15, 0.2) is 0 Å². The van der Waals surface area contributed by atoms with Crippen LogP contribution in [0, 0.1) is 13.8 Å². The van der Waals surface area contributed by atoms with E-state index < -0.39 is 0 Å². The van der Waals surface area contributed by atoms with Crippen molar-refractivity contribution in [3.05, 3.63) is 59.2 Å². The first kappa shape index (κ1) is 14.7. The van der Waals surface area contributed by atoms with E-state index in [0.29, 0.717) is 0 Å². The number of H-pyrrole nitrogens is 1. The zero-order valence-electron chi connectivity index (χ0n) is 13.9. The molecule has 0 unspecified atom stereocenters. The standard InChI is InChI=1S/C18H20N6/c1-12-15-11-24(9-8-16(15)23-22-12)18-10-17(19-13(2)20-18)21-14-6-4-3-5-7-14/h3-7,10H,8-9,11H2,1-2H3,(H,22,23)(H,19,20,21). The number of fused-ring (bicyclic) bond motifs is 1. The Hall–Kier alpha value is -2.89. The van der Waals surface area contributed by atoms with Gasteiger partial charge in [0.25, 0.3) is 0 Å². The molecule has 0 aliphatic carbocycles. The monoisotopic (exact) mass is 320 g/mol. The minimum atomic E-state index is 0.764. The molecular weight excluding hydrogens is 300 g/mol. The molecule has 0 saturated carbocycles. The SMILES string of the molecule is Cc1nc(Nc2ccccc2)cc(N2CCc3n[nH]c(C)c3C2)n1. The third-order valence-corrected chi connectivity index (χ3v) is 4.32. The van der Waals surface area contributed by atoms with E-state index in [1.165, 1.54) is 11.3 Å². The van der Waals surface area contributed by atoms with Crippen LogP contribution in [0.3, 0.4) is 0 Å². The highest BCUT2D eigenvalue weighted by atomic mass is 15.2. The Morgan fingerprint density at radius 1 is 1.12 bits per heavy atom. The van der Waals surface area contributed by atoms with Gasteiger partial charge in [-0.1, -0.05) is 18.2 Å². The Morgan fingerprint density at radius 3 is 2.79 bits per heavy atom. The number of hydrogen-bond donors (Lipinski definition) is 2. The quantitative estimate of drug-likeness (QED) is 0.776. The number of rotatable bonds is 3. The summed E-state index contributed by atoms with van der Waals surface area (Å²) in [4.78, 5) is 11.4. The van der Waals surface area contributed by atoms with Gasteiger partial charge in [-0.15, -0.1) is 0 Å². The molecular formula is C18H20N6. The summed E-state index contributed by atoms with van der Waals surface area (Å²) in [7, 11) is 0. The number of nitrogens with one attached hydrogen (secondary N) is 2. The maximum absolute atomic E-state index is 4.63. The van der Waals surface area contributed by atoms with Crippen LogP contribution in [0.2, 0.25) is 0 Å². The minimum Gasteiger partial charge on any atom is -0.352 e. The number of para-hydroxylation sites is 1. The van der Waals surface area contributed by atoms with E-state index in [4.69, 9.17) is 0 Å². The van der Waals surface area contributed by atoms with Crippen molar-refractivity contribution in [3.8, 4) is 0 Å². The third-order valence-electron chi connectivity index (χ3n) is 4.32. The lowest BCUT2D eigenvalue weighted by atomic mass is 10.1. The predicted molar refractivity (Wildman–Crippen MR) is 94.6 cm³/mol. The summed E-state index contributed by atoms with van der Waals surface area (Å²) in [5.41, 5.74) is 4.63. The van der Waals surface area contributed by atoms with Crippen LogP contribution < -0.4 is 10.2 Å². The van der Waals surface area contributed by atoms with Gasteiger partial charge in [0.2, 0.25) is 0 Å². The maximum atomic E-state index is 4.63. The van der Waals surface area contributed by atoms with Gasteiger partial charge >= 0.3 is 0 Å². The molecule has 0 spiro atoms. The number of nitrogens with zero attached hydrogens (tertiary/aromatic N) is 4. The lowest BCUT2D eigenvalue weighted by Gasteiger charge is -2.28. The van der Waals surface area contributed by atoms with E-state index in [2.05, 4.69) is 37.3 Å².